The summed E-state index contributed by atoms with van der Waals surface area (Å²) >= 11 is 0. The van der Waals surface area contributed by atoms with Gasteiger partial charge in [0.05, 0.1) is 13.0 Å². The first kappa shape index (κ1) is 17.6. The number of hydrogen-bond donors (Lipinski definition) is 1. The number of aromatic hydroxyl groups is 1. The van der Waals surface area contributed by atoms with Crippen molar-refractivity contribution >= 4 is 18.5 Å². The van der Waals surface area contributed by atoms with Crippen LogP contribution in [0.1, 0.15) is 25.3 Å². The summed E-state index contributed by atoms with van der Waals surface area (Å²) in [6.07, 6.45) is 3.55. The molecular formula is C17H20O5. The van der Waals surface area contributed by atoms with Gasteiger partial charge in [-0.1, -0.05) is 18.2 Å². The first-order valence-corrected chi connectivity index (χ1v) is 7.09. The predicted molar refractivity (Wildman–Crippen MR) is 81.4 cm³/mol. The van der Waals surface area contributed by atoms with Gasteiger partial charge in [0, 0.05) is 18.8 Å². The van der Waals surface area contributed by atoms with Gasteiger partial charge in [0.25, 0.3) is 0 Å². The monoisotopic (exact) mass is 304 g/mol. The molecule has 0 spiro atoms. The number of aldehydes is 2. The van der Waals surface area contributed by atoms with Gasteiger partial charge >= 0.3 is 5.97 Å². The average Bonchev–Trinajstić information content (AvgIpc) is 2.48. The summed E-state index contributed by atoms with van der Waals surface area (Å²) in [7, 11) is 0. The van der Waals surface area contributed by atoms with Crippen molar-refractivity contribution in [2.24, 2.45) is 5.92 Å². The summed E-state index contributed by atoms with van der Waals surface area (Å²) in [5.41, 5.74) is 1.29. The molecule has 0 bridgehead atoms. The predicted octanol–water partition coefficient (Wildman–Crippen LogP) is 2.22. The van der Waals surface area contributed by atoms with Gasteiger partial charge in [0.2, 0.25) is 0 Å². The molecule has 1 N–H and O–H groups in total. The van der Waals surface area contributed by atoms with Gasteiger partial charge in [0.15, 0.2) is 0 Å². The highest BCUT2D eigenvalue weighted by molar-refractivity contribution is 5.78. The molecule has 0 aliphatic heterocycles. The molecule has 0 fully saturated rings. The molecule has 0 saturated heterocycles. The van der Waals surface area contributed by atoms with Crippen LogP contribution in [0.25, 0.3) is 0 Å². The summed E-state index contributed by atoms with van der Waals surface area (Å²) in [4.78, 5) is 33.3. The van der Waals surface area contributed by atoms with Crippen molar-refractivity contribution in [2.45, 2.75) is 26.2 Å². The van der Waals surface area contributed by atoms with Crippen LogP contribution in [0.15, 0.2) is 35.9 Å². The Hall–Kier alpha value is -2.43. The molecule has 0 heterocycles. The van der Waals surface area contributed by atoms with E-state index in [2.05, 4.69) is 0 Å². The zero-order valence-electron chi connectivity index (χ0n) is 12.5. The third-order valence-corrected chi connectivity index (χ3v) is 3.30. The van der Waals surface area contributed by atoms with E-state index in [1.165, 1.54) is 0 Å². The van der Waals surface area contributed by atoms with Crippen LogP contribution in [-0.2, 0) is 25.5 Å². The zero-order valence-corrected chi connectivity index (χ0v) is 12.5. The molecule has 1 aromatic rings. The van der Waals surface area contributed by atoms with Crippen molar-refractivity contribution in [2.75, 3.05) is 6.61 Å². The SMILES string of the molecule is C/C=C(/C=O)[C@@H](CC=O)CC(=O)OCCc1cccc(O)c1. The Bertz CT molecular complexity index is 548. The van der Waals surface area contributed by atoms with Gasteiger partial charge in [0.1, 0.15) is 18.3 Å². The second kappa shape index (κ2) is 9.50. The van der Waals surface area contributed by atoms with Crippen LogP contribution in [0, 0.1) is 5.92 Å². The molecule has 0 aliphatic carbocycles. The number of rotatable bonds is 9. The maximum atomic E-state index is 11.8. The van der Waals surface area contributed by atoms with Crippen LogP contribution < -0.4 is 0 Å². The molecule has 0 amide bonds. The molecule has 0 aromatic heterocycles. The fourth-order valence-electron chi connectivity index (χ4n) is 2.11. The third-order valence-electron chi connectivity index (χ3n) is 3.30. The highest BCUT2D eigenvalue weighted by atomic mass is 16.5. The van der Waals surface area contributed by atoms with Gasteiger partial charge in [-0.2, -0.15) is 0 Å². The van der Waals surface area contributed by atoms with Crippen LogP contribution in [0.5, 0.6) is 5.75 Å². The van der Waals surface area contributed by atoms with Crippen LogP contribution >= 0.6 is 0 Å². The molecular weight excluding hydrogens is 284 g/mol. The maximum absolute atomic E-state index is 11.8. The molecule has 1 rings (SSSR count). The number of benzene rings is 1. The molecule has 118 valence electrons. The number of carbonyl (C=O) groups excluding carboxylic acids is 3. The standard InChI is InChI=1S/C17H20O5/c1-2-14(12-19)15(6-8-18)11-17(21)22-9-7-13-4-3-5-16(20)10-13/h2-5,8,10,12,15,20H,6-7,9,11H2,1H3/b14-2-/t15-/m0/s1. The van der Waals surface area contributed by atoms with Gasteiger partial charge in [-0.25, -0.2) is 0 Å². The number of carbonyl (C=O) groups is 3. The molecule has 1 aromatic carbocycles. The van der Waals surface area contributed by atoms with E-state index < -0.39 is 11.9 Å². The first-order valence-electron chi connectivity index (χ1n) is 7.09. The summed E-state index contributed by atoms with van der Waals surface area (Å²) < 4.78 is 5.12. The summed E-state index contributed by atoms with van der Waals surface area (Å²) in [5, 5.41) is 9.33. The van der Waals surface area contributed by atoms with E-state index in [9.17, 15) is 19.5 Å². The molecule has 5 heteroatoms. The van der Waals surface area contributed by atoms with Crippen molar-refractivity contribution in [1.82, 2.24) is 0 Å². The second-order valence-corrected chi connectivity index (χ2v) is 4.85. The lowest BCUT2D eigenvalue weighted by atomic mass is 9.93. The van der Waals surface area contributed by atoms with E-state index >= 15 is 0 Å². The Morgan fingerprint density at radius 1 is 1.36 bits per heavy atom. The van der Waals surface area contributed by atoms with E-state index in [4.69, 9.17) is 4.74 Å². The number of hydrogen-bond acceptors (Lipinski definition) is 5. The van der Waals surface area contributed by atoms with E-state index in [1.807, 2.05) is 6.07 Å². The minimum Gasteiger partial charge on any atom is -0.508 e. The Kier molecular flexibility index (Phi) is 7.61. The maximum Gasteiger partial charge on any atom is 0.306 e. The Morgan fingerprint density at radius 3 is 2.73 bits per heavy atom. The molecule has 0 unspecified atom stereocenters. The van der Waals surface area contributed by atoms with Crippen molar-refractivity contribution in [3.63, 3.8) is 0 Å². The Balaban J connectivity index is 2.47. The number of ether oxygens (including phenoxy) is 1. The van der Waals surface area contributed by atoms with Gasteiger partial charge < -0.3 is 14.6 Å². The Morgan fingerprint density at radius 2 is 2.14 bits per heavy atom. The van der Waals surface area contributed by atoms with Crippen molar-refractivity contribution in [3.8, 4) is 5.75 Å². The second-order valence-electron chi connectivity index (χ2n) is 4.85. The topological polar surface area (TPSA) is 80.7 Å². The van der Waals surface area contributed by atoms with Crippen LogP contribution in [0.3, 0.4) is 0 Å². The number of esters is 1. The Labute approximate surface area is 129 Å². The van der Waals surface area contributed by atoms with Crippen molar-refractivity contribution in [3.05, 3.63) is 41.5 Å². The largest absolute Gasteiger partial charge is 0.508 e. The fourth-order valence-corrected chi connectivity index (χ4v) is 2.11. The number of allylic oxidation sites excluding steroid dienone is 2. The lowest BCUT2D eigenvalue weighted by Crippen LogP contribution is -2.16. The number of phenols is 1. The fraction of sp³-hybridized carbons (Fsp3) is 0.353. The minimum absolute atomic E-state index is 0.00278. The van der Waals surface area contributed by atoms with Gasteiger partial charge in [-0.3, -0.25) is 9.59 Å². The lowest BCUT2D eigenvalue weighted by Gasteiger charge is -2.13. The van der Waals surface area contributed by atoms with E-state index in [-0.39, 0.29) is 25.2 Å². The molecule has 1 atom stereocenters. The summed E-state index contributed by atoms with van der Waals surface area (Å²) in [5.74, 6) is -0.722. The average molecular weight is 304 g/mol. The highest BCUT2D eigenvalue weighted by Gasteiger charge is 2.18. The smallest absolute Gasteiger partial charge is 0.306 e. The van der Waals surface area contributed by atoms with Gasteiger partial charge in [-0.05, 0) is 30.2 Å². The minimum atomic E-state index is -0.451. The first-order chi connectivity index (χ1) is 10.6. The van der Waals surface area contributed by atoms with Crippen LogP contribution in [0.4, 0.5) is 0 Å². The molecule has 5 nitrogen and oxygen atoms in total. The quantitative estimate of drug-likeness (QED) is 0.430. The number of phenolic OH excluding ortho intramolecular Hbond substituents is 1. The highest BCUT2D eigenvalue weighted by Crippen LogP contribution is 2.18. The summed E-state index contributed by atoms with van der Waals surface area (Å²) in [6, 6.07) is 6.72. The molecule has 0 aliphatic rings. The molecule has 22 heavy (non-hydrogen) atoms. The third kappa shape index (κ3) is 5.91. The van der Waals surface area contributed by atoms with Crippen molar-refractivity contribution in [1.29, 1.82) is 0 Å². The van der Waals surface area contributed by atoms with E-state index in [1.54, 1.807) is 31.2 Å². The normalized spacial score (nSPS) is 12.5. The van der Waals surface area contributed by atoms with Crippen molar-refractivity contribution < 1.29 is 24.2 Å². The molecule has 0 radical (unpaired) electrons. The van der Waals surface area contributed by atoms with Crippen LogP contribution in [0.2, 0.25) is 0 Å². The lowest BCUT2D eigenvalue weighted by molar-refractivity contribution is -0.144. The molecule has 0 saturated carbocycles. The van der Waals surface area contributed by atoms with E-state index in [0.717, 1.165) is 5.56 Å². The zero-order chi connectivity index (χ0) is 16.4. The van der Waals surface area contributed by atoms with E-state index in [0.29, 0.717) is 24.6 Å². The van der Waals surface area contributed by atoms with Gasteiger partial charge in [-0.15, -0.1) is 0 Å². The summed E-state index contributed by atoms with van der Waals surface area (Å²) in [6.45, 7) is 1.87. The van der Waals surface area contributed by atoms with Crippen LogP contribution in [-0.4, -0.2) is 30.3 Å².